The van der Waals surface area contributed by atoms with Crippen LogP contribution in [0.2, 0.25) is 0 Å². The van der Waals surface area contributed by atoms with Gasteiger partial charge < -0.3 is 9.47 Å². The van der Waals surface area contributed by atoms with Gasteiger partial charge in [-0.05, 0) is 70.6 Å². The SMILES string of the molecule is COC(=O)c1ccc(OCC(=O)c2ccc3c(c2)CCC3)c(Br)c1. The molecular formula is C19H17BrO4. The number of hydrogen-bond acceptors (Lipinski definition) is 4. The standard InChI is InChI=1S/C19H17BrO4/c1-23-19(22)15-7-8-18(16(20)10-15)24-11-17(21)14-6-5-12-3-2-4-13(12)9-14/h5-10H,2-4,11H2,1H3. The monoisotopic (exact) mass is 388 g/mol. The molecule has 24 heavy (non-hydrogen) atoms. The van der Waals surface area contributed by atoms with Gasteiger partial charge in [-0.2, -0.15) is 0 Å². The van der Waals surface area contributed by atoms with Crippen molar-refractivity contribution in [2.45, 2.75) is 19.3 Å². The van der Waals surface area contributed by atoms with Gasteiger partial charge in [0.2, 0.25) is 0 Å². The van der Waals surface area contributed by atoms with Gasteiger partial charge in [-0.15, -0.1) is 0 Å². The number of hydrogen-bond donors (Lipinski definition) is 0. The Morgan fingerprint density at radius 3 is 2.54 bits per heavy atom. The van der Waals surface area contributed by atoms with Gasteiger partial charge in [0.1, 0.15) is 5.75 Å². The molecule has 0 spiro atoms. The third-order valence-electron chi connectivity index (χ3n) is 4.13. The molecule has 0 saturated carbocycles. The smallest absolute Gasteiger partial charge is 0.337 e. The maximum absolute atomic E-state index is 12.3. The van der Waals surface area contributed by atoms with Gasteiger partial charge in [-0.1, -0.05) is 12.1 Å². The van der Waals surface area contributed by atoms with Crippen molar-refractivity contribution in [1.29, 1.82) is 0 Å². The van der Waals surface area contributed by atoms with Gasteiger partial charge in [-0.3, -0.25) is 4.79 Å². The summed E-state index contributed by atoms with van der Waals surface area (Å²) in [6, 6.07) is 10.7. The highest BCUT2D eigenvalue weighted by Gasteiger charge is 2.15. The molecule has 0 radical (unpaired) electrons. The lowest BCUT2D eigenvalue weighted by Gasteiger charge is -2.09. The lowest BCUT2D eigenvalue weighted by atomic mass is 10.0. The van der Waals surface area contributed by atoms with Gasteiger partial charge >= 0.3 is 5.97 Å². The fraction of sp³-hybridized carbons (Fsp3) is 0.263. The van der Waals surface area contributed by atoms with E-state index in [9.17, 15) is 9.59 Å². The van der Waals surface area contributed by atoms with E-state index in [1.165, 1.54) is 18.2 Å². The lowest BCUT2D eigenvalue weighted by molar-refractivity contribution is 0.0600. The van der Waals surface area contributed by atoms with Crippen LogP contribution in [0.25, 0.3) is 0 Å². The minimum absolute atomic E-state index is 0.0467. The summed E-state index contributed by atoms with van der Waals surface area (Å²) in [6.45, 7) is -0.0467. The van der Waals surface area contributed by atoms with Crippen molar-refractivity contribution in [3.63, 3.8) is 0 Å². The number of ketones is 1. The van der Waals surface area contributed by atoms with Gasteiger partial charge in [-0.25, -0.2) is 4.79 Å². The Balaban J connectivity index is 1.67. The predicted molar refractivity (Wildman–Crippen MR) is 93.8 cm³/mol. The number of esters is 1. The van der Waals surface area contributed by atoms with Crippen molar-refractivity contribution in [2.24, 2.45) is 0 Å². The first-order valence-corrected chi connectivity index (χ1v) is 8.53. The Bertz CT molecular complexity index is 798. The van der Waals surface area contributed by atoms with Crippen molar-refractivity contribution in [3.05, 3.63) is 63.1 Å². The van der Waals surface area contributed by atoms with Gasteiger partial charge in [0.05, 0.1) is 17.1 Å². The molecule has 2 aromatic rings. The average molecular weight is 389 g/mol. The second-order valence-corrected chi connectivity index (χ2v) is 6.54. The summed E-state index contributed by atoms with van der Waals surface area (Å²) in [6.07, 6.45) is 3.29. The van der Waals surface area contributed by atoms with E-state index in [-0.39, 0.29) is 12.4 Å². The van der Waals surface area contributed by atoms with Crippen molar-refractivity contribution in [2.75, 3.05) is 13.7 Å². The van der Waals surface area contributed by atoms with E-state index in [1.807, 2.05) is 18.2 Å². The van der Waals surface area contributed by atoms with Crippen LogP contribution in [0.1, 0.15) is 38.3 Å². The van der Waals surface area contributed by atoms with Gasteiger partial charge in [0, 0.05) is 5.56 Å². The summed E-state index contributed by atoms with van der Waals surface area (Å²) in [5, 5.41) is 0. The quantitative estimate of drug-likeness (QED) is 0.573. The normalized spacial score (nSPS) is 12.6. The average Bonchev–Trinajstić information content (AvgIpc) is 3.07. The highest BCUT2D eigenvalue weighted by atomic mass is 79.9. The second kappa shape index (κ2) is 7.18. The molecule has 0 fully saturated rings. The zero-order valence-corrected chi connectivity index (χ0v) is 14.9. The number of methoxy groups -OCH3 is 1. The highest BCUT2D eigenvalue weighted by Crippen LogP contribution is 2.27. The molecule has 1 aliphatic rings. The zero-order valence-electron chi connectivity index (χ0n) is 13.3. The molecule has 0 bridgehead atoms. The van der Waals surface area contributed by atoms with Gasteiger partial charge in [0.25, 0.3) is 0 Å². The molecule has 0 unspecified atom stereocenters. The van der Waals surface area contributed by atoms with Crippen LogP contribution in [-0.4, -0.2) is 25.5 Å². The summed E-state index contributed by atoms with van der Waals surface area (Å²) < 4.78 is 10.9. The molecule has 4 nitrogen and oxygen atoms in total. The Kier molecular flexibility index (Phi) is 5.00. The van der Waals surface area contributed by atoms with E-state index in [2.05, 4.69) is 20.7 Å². The van der Waals surface area contributed by atoms with Crippen molar-refractivity contribution in [1.82, 2.24) is 0 Å². The van der Waals surface area contributed by atoms with Crippen LogP contribution < -0.4 is 4.74 Å². The van der Waals surface area contributed by atoms with Gasteiger partial charge in [0.15, 0.2) is 12.4 Å². The number of Topliss-reactive ketones (excluding diaryl/α,β-unsaturated/α-hetero) is 1. The van der Waals surface area contributed by atoms with Crippen LogP contribution in [0.4, 0.5) is 0 Å². The Morgan fingerprint density at radius 2 is 1.79 bits per heavy atom. The Hall–Kier alpha value is -2.14. The zero-order chi connectivity index (χ0) is 17.1. The number of carbonyl (C=O) groups excluding carboxylic acids is 2. The molecule has 2 aromatic carbocycles. The number of fused-ring (bicyclic) bond motifs is 1. The fourth-order valence-electron chi connectivity index (χ4n) is 2.83. The van der Waals surface area contributed by atoms with Crippen LogP contribution in [0, 0.1) is 0 Å². The summed E-state index contributed by atoms with van der Waals surface area (Å²) in [4.78, 5) is 23.8. The first-order chi connectivity index (χ1) is 11.6. The molecule has 124 valence electrons. The first kappa shape index (κ1) is 16.7. The fourth-order valence-corrected chi connectivity index (χ4v) is 3.33. The summed E-state index contributed by atoms with van der Waals surface area (Å²) in [7, 11) is 1.33. The highest BCUT2D eigenvalue weighted by molar-refractivity contribution is 9.10. The Labute approximate surface area is 148 Å². The number of carbonyl (C=O) groups is 2. The molecule has 0 amide bonds. The molecule has 0 N–H and O–H groups in total. The van der Waals surface area contributed by atoms with E-state index in [0.29, 0.717) is 21.3 Å². The third kappa shape index (κ3) is 3.51. The Morgan fingerprint density at radius 1 is 1.04 bits per heavy atom. The number of halogens is 1. The van der Waals surface area contributed by atoms with Crippen LogP contribution in [0.3, 0.4) is 0 Å². The summed E-state index contributed by atoms with van der Waals surface area (Å²) >= 11 is 3.35. The summed E-state index contributed by atoms with van der Waals surface area (Å²) in [5.41, 5.74) is 3.71. The second-order valence-electron chi connectivity index (χ2n) is 5.69. The molecule has 3 rings (SSSR count). The topological polar surface area (TPSA) is 52.6 Å². The van der Waals surface area contributed by atoms with E-state index < -0.39 is 5.97 Å². The maximum atomic E-state index is 12.3. The van der Waals surface area contributed by atoms with Crippen LogP contribution in [-0.2, 0) is 17.6 Å². The molecular weight excluding hydrogens is 372 g/mol. The number of ether oxygens (including phenoxy) is 2. The molecule has 0 aromatic heterocycles. The molecule has 0 atom stereocenters. The maximum Gasteiger partial charge on any atom is 0.337 e. The van der Waals surface area contributed by atoms with E-state index >= 15 is 0 Å². The molecule has 0 aliphatic heterocycles. The number of aryl methyl sites for hydroxylation is 2. The van der Waals surface area contributed by atoms with Crippen LogP contribution in [0.5, 0.6) is 5.75 Å². The molecule has 0 saturated heterocycles. The largest absolute Gasteiger partial charge is 0.484 e. The minimum Gasteiger partial charge on any atom is -0.484 e. The van der Waals surface area contributed by atoms with Crippen molar-refractivity contribution >= 4 is 27.7 Å². The third-order valence-corrected chi connectivity index (χ3v) is 4.75. The molecule has 5 heteroatoms. The predicted octanol–water partition coefficient (Wildman–Crippen LogP) is 3.99. The van der Waals surface area contributed by atoms with Crippen molar-refractivity contribution < 1.29 is 19.1 Å². The van der Waals surface area contributed by atoms with E-state index in [1.54, 1.807) is 18.2 Å². The first-order valence-electron chi connectivity index (χ1n) is 7.74. The lowest BCUT2D eigenvalue weighted by Crippen LogP contribution is -2.12. The summed E-state index contributed by atoms with van der Waals surface area (Å²) in [5.74, 6) is 0.0299. The van der Waals surface area contributed by atoms with Crippen LogP contribution >= 0.6 is 15.9 Å². The molecule has 0 heterocycles. The molecule has 1 aliphatic carbocycles. The number of benzene rings is 2. The van der Waals surface area contributed by atoms with Crippen molar-refractivity contribution in [3.8, 4) is 5.75 Å². The minimum atomic E-state index is -0.420. The van der Waals surface area contributed by atoms with Crippen LogP contribution in [0.15, 0.2) is 40.9 Å². The van der Waals surface area contributed by atoms with E-state index in [0.717, 1.165) is 19.3 Å². The number of rotatable bonds is 5. The van der Waals surface area contributed by atoms with E-state index in [4.69, 9.17) is 4.74 Å².